The molecule has 7 nitrogen and oxygen atoms in total. The van der Waals surface area contributed by atoms with Crippen LogP contribution in [0.15, 0.2) is 24.3 Å². The number of nitrogens with zero attached hydrogens (tertiary/aromatic N) is 2. The number of fused-ring (bicyclic) bond motifs is 1. The van der Waals surface area contributed by atoms with E-state index in [1.807, 2.05) is 4.90 Å². The first-order valence-corrected chi connectivity index (χ1v) is 12.5. The van der Waals surface area contributed by atoms with Crippen molar-refractivity contribution < 1.29 is 14.5 Å². The molecular weight excluding hydrogens is 414 g/mol. The molecule has 2 atom stereocenters. The van der Waals surface area contributed by atoms with Crippen molar-refractivity contribution >= 4 is 29.3 Å². The van der Waals surface area contributed by atoms with E-state index in [1.165, 1.54) is 18.6 Å². The van der Waals surface area contributed by atoms with Gasteiger partial charge >= 0.3 is 0 Å². The van der Waals surface area contributed by atoms with Crippen LogP contribution in [0.2, 0.25) is 0 Å². The molecule has 31 heavy (non-hydrogen) atoms. The minimum atomic E-state index is -0.838. The van der Waals surface area contributed by atoms with Gasteiger partial charge in [0.15, 0.2) is 0 Å². The van der Waals surface area contributed by atoms with Crippen LogP contribution in [0.25, 0.3) is 0 Å². The van der Waals surface area contributed by atoms with Crippen molar-refractivity contribution in [2.75, 3.05) is 5.75 Å². The second-order valence-corrected chi connectivity index (χ2v) is 10.3. The molecule has 8 heteroatoms. The number of non-ortho nitro benzene ring substituents is 1. The van der Waals surface area contributed by atoms with Crippen molar-refractivity contribution in [2.45, 2.75) is 87.6 Å². The van der Waals surface area contributed by atoms with Crippen LogP contribution < -0.4 is 5.32 Å². The van der Waals surface area contributed by atoms with Gasteiger partial charge in [-0.05, 0) is 31.2 Å². The Morgan fingerprint density at radius 1 is 1.13 bits per heavy atom. The summed E-state index contributed by atoms with van der Waals surface area (Å²) in [5.41, 5.74) is 0.0113. The van der Waals surface area contributed by atoms with Crippen LogP contribution in [-0.2, 0) is 16.1 Å². The fourth-order valence-corrected chi connectivity index (χ4v) is 6.91. The number of rotatable bonds is 5. The predicted molar refractivity (Wildman–Crippen MR) is 121 cm³/mol. The molecule has 0 spiro atoms. The molecule has 1 aromatic carbocycles. The molecule has 2 aliphatic carbocycles. The molecular formula is C23H31N3O4S. The average molecular weight is 446 g/mol. The Balaban J connectivity index is 1.65. The van der Waals surface area contributed by atoms with Crippen LogP contribution in [0.5, 0.6) is 0 Å². The number of hydrogen-bond acceptors (Lipinski definition) is 5. The van der Waals surface area contributed by atoms with Crippen molar-refractivity contribution in [2.24, 2.45) is 0 Å². The lowest BCUT2D eigenvalue weighted by molar-refractivity contribution is -0.384. The highest BCUT2D eigenvalue weighted by Crippen LogP contribution is 2.44. The molecule has 2 saturated carbocycles. The first-order valence-electron chi connectivity index (χ1n) is 11.5. The molecule has 3 fully saturated rings. The van der Waals surface area contributed by atoms with Gasteiger partial charge in [-0.1, -0.05) is 44.2 Å². The van der Waals surface area contributed by atoms with Gasteiger partial charge in [-0.15, -0.1) is 0 Å². The Bertz CT molecular complexity index is 825. The van der Waals surface area contributed by atoms with Gasteiger partial charge in [-0.2, -0.15) is 11.8 Å². The number of carbonyl (C=O) groups is 2. The van der Waals surface area contributed by atoms with E-state index in [1.54, 1.807) is 23.9 Å². The van der Waals surface area contributed by atoms with E-state index < -0.39 is 10.5 Å². The molecule has 168 valence electrons. The summed E-state index contributed by atoms with van der Waals surface area (Å²) in [6.45, 7) is 0.311. The second-order valence-electron chi connectivity index (χ2n) is 8.99. The third kappa shape index (κ3) is 4.59. The maximum absolute atomic E-state index is 13.9. The number of nitrogens with one attached hydrogen (secondary N) is 1. The van der Waals surface area contributed by atoms with E-state index in [0.717, 1.165) is 56.3 Å². The molecule has 0 radical (unpaired) electrons. The van der Waals surface area contributed by atoms with E-state index in [9.17, 15) is 19.7 Å². The van der Waals surface area contributed by atoms with Crippen LogP contribution in [0.4, 0.5) is 5.69 Å². The lowest BCUT2D eigenvalue weighted by Crippen LogP contribution is -2.66. The maximum atomic E-state index is 13.9. The third-order valence-corrected chi connectivity index (χ3v) is 8.51. The van der Waals surface area contributed by atoms with Crippen molar-refractivity contribution in [3.8, 4) is 0 Å². The first kappa shape index (κ1) is 22.1. The summed E-state index contributed by atoms with van der Waals surface area (Å²) in [5.74, 6) is 0.751. The van der Waals surface area contributed by atoms with Crippen molar-refractivity contribution in [3.63, 3.8) is 0 Å². The lowest BCUT2D eigenvalue weighted by atomic mass is 9.77. The minimum Gasteiger partial charge on any atom is -0.351 e. The van der Waals surface area contributed by atoms with Gasteiger partial charge in [0, 0.05) is 42.1 Å². The summed E-state index contributed by atoms with van der Waals surface area (Å²) in [4.78, 5) is 39.5. The zero-order valence-corrected chi connectivity index (χ0v) is 18.7. The highest BCUT2D eigenvalue weighted by atomic mass is 32.2. The molecule has 4 rings (SSSR count). The number of nitro groups is 1. The molecule has 1 aromatic rings. The van der Waals surface area contributed by atoms with Crippen LogP contribution in [0, 0.1) is 10.1 Å². The van der Waals surface area contributed by atoms with Crippen molar-refractivity contribution in [1.29, 1.82) is 0 Å². The summed E-state index contributed by atoms with van der Waals surface area (Å²) in [5, 5.41) is 14.4. The topological polar surface area (TPSA) is 92.6 Å². The summed E-state index contributed by atoms with van der Waals surface area (Å²) in [6.07, 6.45) is 9.58. The Morgan fingerprint density at radius 2 is 1.84 bits per heavy atom. The van der Waals surface area contributed by atoms with Crippen molar-refractivity contribution in [1.82, 2.24) is 10.2 Å². The monoisotopic (exact) mass is 445 g/mol. The van der Waals surface area contributed by atoms with Crippen LogP contribution in [0.3, 0.4) is 0 Å². The fourth-order valence-electron chi connectivity index (χ4n) is 5.37. The highest BCUT2D eigenvalue weighted by molar-refractivity contribution is 8.00. The van der Waals surface area contributed by atoms with Gasteiger partial charge < -0.3 is 10.2 Å². The smallest absolute Gasteiger partial charge is 0.269 e. The Kier molecular flexibility index (Phi) is 6.84. The highest BCUT2D eigenvalue weighted by Gasteiger charge is 2.54. The predicted octanol–water partition coefficient (Wildman–Crippen LogP) is 4.19. The van der Waals surface area contributed by atoms with Gasteiger partial charge in [-0.25, -0.2) is 0 Å². The molecule has 3 aliphatic rings. The standard InChI is InChI=1S/C23H31N3O4S/c27-21-13-15-31-20-8-4-5-14-23(20,22(28)24-18-6-2-1-3-7-18)25(21)16-17-9-11-19(12-10-17)26(29)30/h9-12,18,20H,1-8,13-16H2,(H,24,28)/t20-,23-/m0/s1. The average Bonchev–Trinajstić information content (AvgIpc) is 2.92. The third-order valence-electron chi connectivity index (χ3n) is 7.05. The quantitative estimate of drug-likeness (QED) is 0.542. The van der Waals surface area contributed by atoms with E-state index in [4.69, 9.17) is 0 Å². The summed E-state index contributed by atoms with van der Waals surface area (Å²) in [6, 6.07) is 6.55. The van der Waals surface area contributed by atoms with Gasteiger partial charge in [-0.3, -0.25) is 19.7 Å². The molecule has 1 N–H and O–H groups in total. The number of benzene rings is 1. The molecule has 0 aromatic heterocycles. The second kappa shape index (κ2) is 9.59. The van der Waals surface area contributed by atoms with E-state index in [0.29, 0.717) is 19.4 Å². The van der Waals surface area contributed by atoms with Crippen LogP contribution in [-0.4, -0.2) is 44.2 Å². The Labute approximate surface area is 187 Å². The van der Waals surface area contributed by atoms with E-state index in [2.05, 4.69) is 5.32 Å². The van der Waals surface area contributed by atoms with Gasteiger partial charge in [0.2, 0.25) is 11.8 Å². The maximum Gasteiger partial charge on any atom is 0.269 e. The zero-order chi connectivity index (χ0) is 21.8. The number of carbonyl (C=O) groups excluding carboxylic acids is 2. The van der Waals surface area contributed by atoms with Crippen LogP contribution in [0.1, 0.15) is 69.8 Å². The Hall–Kier alpha value is -2.09. The number of nitro benzene ring substituents is 1. The fraction of sp³-hybridized carbons (Fsp3) is 0.652. The molecule has 0 bridgehead atoms. The lowest BCUT2D eigenvalue weighted by Gasteiger charge is -2.49. The normalized spacial score (nSPS) is 27.3. The molecule has 2 amide bonds. The molecule has 0 unspecified atom stereocenters. The summed E-state index contributed by atoms with van der Waals surface area (Å²) < 4.78 is 0. The molecule has 1 aliphatic heterocycles. The van der Waals surface area contributed by atoms with E-state index in [-0.39, 0.29) is 28.8 Å². The van der Waals surface area contributed by atoms with Crippen LogP contribution >= 0.6 is 11.8 Å². The number of thioether (sulfide) groups is 1. The van der Waals surface area contributed by atoms with Gasteiger partial charge in [0.05, 0.1) is 4.92 Å². The molecule has 1 saturated heterocycles. The van der Waals surface area contributed by atoms with Crippen molar-refractivity contribution in [3.05, 3.63) is 39.9 Å². The SMILES string of the molecule is O=C1CCS[C@H]2CCCC[C@]2(C(=O)NC2CCCCC2)N1Cc1ccc([N+](=O)[O-])cc1. The first-order chi connectivity index (χ1) is 15.0. The number of amides is 2. The minimum absolute atomic E-state index is 0.00811. The summed E-state index contributed by atoms with van der Waals surface area (Å²) in [7, 11) is 0. The van der Waals surface area contributed by atoms with E-state index >= 15 is 0 Å². The Morgan fingerprint density at radius 3 is 2.55 bits per heavy atom. The largest absolute Gasteiger partial charge is 0.351 e. The summed E-state index contributed by atoms with van der Waals surface area (Å²) >= 11 is 1.77. The molecule has 1 heterocycles. The number of hydrogen-bond donors (Lipinski definition) is 1. The zero-order valence-electron chi connectivity index (χ0n) is 17.9. The van der Waals surface area contributed by atoms with Gasteiger partial charge in [0.25, 0.3) is 5.69 Å². The van der Waals surface area contributed by atoms with Gasteiger partial charge in [0.1, 0.15) is 5.54 Å².